The number of aryl methyl sites for hydroxylation is 1. The fourth-order valence-corrected chi connectivity index (χ4v) is 3.50. The van der Waals surface area contributed by atoms with Crippen LogP contribution in [0.5, 0.6) is 0 Å². The second-order valence-electron chi connectivity index (χ2n) is 6.26. The number of carbonyl (C=O) groups excluding carboxylic acids is 1. The second-order valence-corrected chi connectivity index (χ2v) is 6.26. The minimum atomic E-state index is 0.0522. The standard InChI is InChI=1S/C18H20N4O2/c1-12-15(14-4-2-3-5-16(14)20-12)8-18(24)21-10-13-9-19-22(6-7-23)17(13)11-21/h2-5,9,20,23H,6-8,10-11H2,1H3. The van der Waals surface area contributed by atoms with Gasteiger partial charge in [0, 0.05) is 28.7 Å². The van der Waals surface area contributed by atoms with Crippen LogP contribution in [-0.4, -0.2) is 37.3 Å². The number of amides is 1. The molecule has 0 atom stereocenters. The first-order valence-corrected chi connectivity index (χ1v) is 8.15. The van der Waals surface area contributed by atoms with Gasteiger partial charge < -0.3 is 15.0 Å². The van der Waals surface area contributed by atoms with E-state index in [-0.39, 0.29) is 12.5 Å². The van der Waals surface area contributed by atoms with Crippen LogP contribution in [-0.2, 0) is 30.8 Å². The summed E-state index contributed by atoms with van der Waals surface area (Å²) in [6.07, 6.45) is 2.20. The van der Waals surface area contributed by atoms with Gasteiger partial charge >= 0.3 is 0 Å². The molecule has 0 saturated carbocycles. The number of rotatable bonds is 4. The summed E-state index contributed by atoms with van der Waals surface area (Å²) in [4.78, 5) is 18.0. The van der Waals surface area contributed by atoms with Gasteiger partial charge in [0.1, 0.15) is 0 Å². The van der Waals surface area contributed by atoms with E-state index in [2.05, 4.69) is 16.1 Å². The Hall–Kier alpha value is -2.60. The SMILES string of the molecule is Cc1[nH]c2ccccc2c1CC(=O)N1Cc2cnn(CCO)c2C1. The molecule has 0 radical (unpaired) electrons. The molecular weight excluding hydrogens is 304 g/mol. The first kappa shape index (κ1) is 15.0. The number of para-hydroxylation sites is 1. The molecule has 3 heterocycles. The molecule has 0 saturated heterocycles. The zero-order valence-electron chi connectivity index (χ0n) is 13.6. The summed E-state index contributed by atoms with van der Waals surface area (Å²) in [5.41, 5.74) is 5.30. The predicted molar refractivity (Wildman–Crippen MR) is 90.3 cm³/mol. The molecule has 1 aliphatic rings. The van der Waals surface area contributed by atoms with Gasteiger partial charge in [-0.1, -0.05) is 18.2 Å². The summed E-state index contributed by atoms with van der Waals surface area (Å²) in [5.74, 6) is 0.120. The second kappa shape index (κ2) is 5.79. The maximum absolute atomic E-state index is 12.8. The van der Waals surface area contributed by atoms with Crippen molar-refractivity contribution in [2.24, 2.45) is 0 Å². The van der Waals surface area contributed by atoms with E-state index >= 15 is 0 Å². The lowest BCUT2D eigenvalue weighted by atomic mass is 10.1. The number of carbonyl (C=O) groups is 1. The van der Waals surface area contributed by atoms with Crippen LogP contribution in [0.2, 0.25) is 0 Å². The van der Waals surface area contributed by atoms with Gasteiger partial charge in [-0.05, 0) is 18.6 Å². The van der Waals surface area contributed by atoms with Crippen LogP contribution >= 0.6 is 0 Å². The van der Waals surface area contributed by atoms with Gasteiger partial charge in [0.2, 0.25) is 5.91 Å². The number of H-pyrrole nitrogens is 1. The van der Waals surface area contributed by atoms with Gasteiger partial charge in [-0.3, -0.25) is 9.48 Å². The van der Waals surface area contributed by atoms with Crippen LogP contribution in [0.3, 0.4) is 0 Å². The maximum atomic E-state index is 12.8. The van der Waals surface area contributed by atoms with Crippen LogP contribution < -0.4 is 0 Å². The topological polar surface area (TPSA) is 74.2 Å². The summed E-state index contributed by atoms with van der Waals surface area (Å²) in [7, 11) is 0. The van der Waals surface area contributed by atoms with Gasteiger partial charge in [-0.25, -0.2) is 0 Å². The monoisotopic (exact) mass is 324 g/mol. The van der Waals surface area contributed by atoms with Gasteiger partial charge in [0.15, 0.2) is 0 Å². The fraction of sp³-hybridized carbons (Fsp3) is 0.333. The van der Waals surface area contributed by atoms with Gasteiger partial charge in [-0.15, -0.1) is 0 Å². The highest BCUT2D eigenvalue weighted by Gasteiger charge is 2.27. The average Bonchev–Trinajstić information content (AvgIpc) is 3.23. The van der Waals surface area contributed by atoms with Crippen LogP contribution in [0.4, 0.5) is 0 Å². The molecule has 0 aliphatic carbocycles. The predicted octanol–water partition coefficient (Wildman–Crippen LogP) is 1.75. The Labute approximate surface area is 139 Å². The molecule has 1 amide bonds. The number of hydrogen-bond acceptors (Lipinski definition) is 3. The Balaban J connectivity index is 1.54. The highest BCUT2D eigenvalue weighted by atomic mass is 16.3. The number of nitrogens with zero attached hydrogens (tertiary/aromatic N) is 3. The van der Waals surface area contributed by atoms with Crippen molar-refractivity contribution in [3.63, 3.8) is 0 Å². The highest BCUT2D eigenvalue weighted by molar-refractivity contribution is 5.90. The quantitative estimate of drug-likeness (QED) is 0.768. The Morgan fingerprint density at radius 3 is 3.00 bits per heavy atom. The van der Waals surface area contributed by atoms with Crippen LogP contribution in [0, 0.1) is 6.92 Å². The summed E-state index contributed by atoms with van der Waals surface area (Å²) >= 11 is 0. The largest absolute Gasteiger partial charge is 0.394 e. The third-order valence-electron chi connectivity index (χ3n) is 4.76. The van der Waals surface area contributed by atoms with E-state index in [1.54, 1.807) is 10.9 Å². The summed E-state index contributed by atoms with van der Waals surface area (Å²) in [6.45, 7) is 3.70. The van der Waals surface area contributed by atoms with Crippen molar-refractivity contribution >= 4 is 16.8 Å². The molecule has 24 heavy (non-hydrogen) atoms. The van der Waals surface area contributed by atoms with E-state index in [1.807, 2.05) is 30.0 Å². The molecule has 124 valence electrons. The molecular formula is C18H20N4O2. The third-order valence-corrected chi connectivity index (χ3v) is 4.76. The summed E-state index contributed by atoms with van der Waals surface area (Å²) in [6, 6.07) is 8.08. The van der Waals surface area contributed by atoms with E-state index in [0.717, 1.165) is 33.4 Å². The van der Waals surface area contributed by atoms with Gasteiger partial charge in [0.05, 0.1) is 38.0 Å². The Bertz CT molecular complexity index is 909. The van der Waals surface area contributed by atoms with Crippen molar-refractivity contribution in [2.45, 2.75) is 33.0 Å². The number of aromatic nitrogens is 3. The minimum Gasteiger partial charge on any atom is -0.394 e. The van der Waals surface area contributed by atoms with Crippen molar-refractivity contribution < 1.29 is 9.90 Å². The van der Waals surface area contributed by atoms with E-state index in [4.69, 9.17) is 5.11 Å². The molecule has 2 aromatic heterocycles. The Morgan fingerprint density at radius 2 is 2.17 bits per heavy atom. The molecule has 0 bridgehead atoms. The van der Waals surface area contributed by atoms with Crippen LogP contribution in [0.1, 0.15) is 22.5 Å². The van der Waals surface area contributed by atoms with Gasteiger partial charge in [-0.2, -0.15) is 5.10 Å². The lowest BCUT2D eigenvalue weighted by Gasteiger charge is -2.16. The molecule has 0 unspecified atom stereocenters. The highest BCUT2D eigenvalue weighted by Crippen LogP contribution is 2.26. The maximum Gasteiger partial charge on any atom is 0.227 e. The third kappa shape index (κ3) is 2.39. The van der Waals surface area contributed by atoms with Crippen molar-refractivity contribution in [1.29, 1.82) is 0 Å². The molecule has 0 fully saturated rings. The number of aromatic amines is 1. The molecule has 1 aromatic carbocycles. The lowest BCUT2D eigenvalue weighted by molar-refractivity contribution is -0.131. The number of aliphatic hydroxyl groups excluding tert-OH is 1. The molecule has 0 spiro atoms. The number of benzene rings is 1. The summed E-state index contributed by atoms with van der Waals surface area (Å²) < 4.78 is 1.79. The first-order valence-electron chi connectivity index (χ1n) is 8.15. The number of nitrogens with one attached hydrogen (secondary N) is 1. The molecule has 2 N–H and O–H groups in total. The Kier molecular flexibility index (Phi) is 3.61. The lowest BCUT2D eigenvalue weighted by Crippen LogP contribution is -2.28. The smallest absolute Gasteiger partial charge is 0.227 e. The van der Waals surface area contributed by atoms with E-state index in [1.165, 1.54) is 0 Å². The Morgan fingerprint density at radius 1 is 1.33 bits per heavy atom. The number of aliphatic hydroxyl groups is 1. The van der Waals surface area contributed by atoms with E-state index in [0.29, 0.717) is 26.1 Å². The molecule has 1 aliphatic heterocycles. The van der Waals surface area contributed by atoms with Crippen molar-refractivity contribution in [2.75, 3.05) is 6.61 Å². The van der Waals surface area contributed by atoms with E-state index < -0.39 is 0 Å². The number of hydrogen-bond donors (Lipinski definition) is 2. The molecule has 6 nitrogen and oxygen atoms in total. The summed E-state index contributed by atoms with van der Waals surface area (Å²) in [5, 5.41) is 14.5. The molecule has 4 rings (SSSR count). The van der Waals surface area contributed by atoms with Crippen LogP contribution in [0.15, 0.2) is 30.5 Å². The zero-order valence-corrected chi connectivity index (χ0v) is 13.6. The molecule has 6 heteroatoms. The van der Waals surface area contributed by atoms with Crippen molar-refractivity contribution in [3.05, 3.63) is 53.0 Å². The van der Waals surface area contributed by atoms with Crippen molar-refractivity contribution in [1.82, 2.24) is 19.7 Å². The first-order chi connectivity index (χ1) is 11.7. The number of fused-ring (bicyclic) bond motifs is 2. The fourth-order valence-electron chi connectivity index (χ4n) is 3.50. The average molecular weight is 324 g/mol. The van der Waals surface area contributed by atoms with Gasteiger partial charge in [0.25, 0.3) is 0 Å². The molecule has 3 aromatic rings. The minimum absolute atomic E-state index is 0.0522. The van der Waals surface area contributed by atoms with E-state index in [9.17, 15) is 4.79 Å². The zero-order chi connectivity index (χ0) is 16.7. The normalized spacial score (nSPS) is 13.7. The van der Waals surface area contributed by atoms with Crippen LogP contribution in [0.25, 0.3) is 10.9 Å². The van der Waals surface area contributed by atoms with Crippen molar-refractivity contribution in [3.8, 4) is 0 Å².